The molecule has 1 fully saturated rings. The van der Waals surface area contributed by atoms with Crippen LogP contribution < -0.4 is 15.0 Å². The predicted octanol–water partition coefficient (Wildman–Crippen LogP) is 1.25. The Morgan fingerprint density at radius 2 is 2.21 bits per heavy atom. The molecule has 0 amide bonds. The molecule has 1 saturated heterocycles. The van der Waals surface area contributed by atoms with Gasteiger partial charge in [0.2, 0.25) is 0 Å². The first-order chi connectivity index (χ1) is 9.42. The summed E-state index contributed by atoms with van der Waals surface area (Å²) in [6.07, 6.45) is 4.34. The molecule has 99 valence electrons. The minimum Gasteiger partial charge on any atom is -0.458 e. The SMILES string of the molecule is [C]1=NC=C(Oc2cccc(N3CCOCC3)c2)CN1. The Labute approximate surface area is 112 Å². The van der Waals surface area contributed by atoms with Crippen LogP contribution in [-0.4, -0.2) is 39.2 Å². The third-order valence-corrected chi connectivity index (χ3v) is 3.06. The lowest BCUT2D eigenvalue weighted by Gasteiger charge is -2.29. The molecule has 1 radical (unpaired) electrons. The Hall–Kier alpha value is -2.01. The van der Waals surface area contributed by atoms with Crippen LogP contribution in [0.2, 0.25) is 0 Å². The average Bonchev–Trinajstić information content (AvgIpc) is 2.49. The third kappa shape index (κ3) is 3.06. The summed E-state index contributed by atoms with van der Waals surface area (Å²) in [6, 6.07) is 8.10. The summed E-state index contributed by atoms with van der Waals surface area (Å²) in [4.78, 5) is 6.19. The Bertz CT molecular complexity index is 493. The van der Waals surface area contributed by atoms with Crippen molar-refractivity contribution in [1.29, 1.82) is 0 Å². The number of anilines is 1. The number of benzene rings is 1. The van der Waals surface area contributed by atoms with Gasteiger partial charge in [0.1, 0.15) is 11.5 Å². The van der Waals surface area contributed by atoms with Gasteiger partial charge < -0.3 is 19.7 Å². The molecule has 2 heterocycles. The van der Waals surface area contributed by atoms with Gasteiger partial charge in [-0.2, -0.15) is 0 Å². The van der Waals surface area contributed by atoms with Gasteiger partial charge in [0.05, 0.1) is 26.0 Å². The Kier molecular flexibility index (Phi) is 3.65. The Morgan fingerprint density at radius 1 is 1.32 bits per heavy atom. The molecule has 5 nitrogen and oxygen atoms in total. The first-order valence-electron chi connectivity index (χ1n) is 6.39. The number of hydrogen-bond donors (Lipinski definition) is 1. The van der Waals surface area contributed by atoms with Crippen molar-refractivity contribution >= 4 is 12.0 Å². The van der Waals surface area contributed by atoms with E-state index in [0.717, 1.165) is 37.8 Å². The van der Waals surface area contributed by atoms with Crippen molar-refractivity contribution in [3.63, 3.8) is 0 Å². The van der Waals surface area contributed by atoms with E-state index in [9.17, 15) is 0 Å². The second-order valence-electron chi connectivity index (χ2n) is 4.39. The monoisotopic (exact) mass is 258 g/mol. The highest BCUT2D eigenvalue weighted by Crippen LogP contribution is 2.23. The highest BCUT2D eigenvalue weighted by Gasteiger charge is 2.12. The second-order valence-corrected chi connectivity index (χ2v) is 4.39. The van der Waals surface area contributed by atoms with Crippen molar-refractivity contribution in [2.45, 2.75) is 0 Å². The van der Waals surface area contributed by atoms with Crippen LogP contribution in [0.5, 0.6) is 5.75 Å². The fourth-order valence-corrected chi connectivity index (χ4v) is 2.10. The van der Waals surface area contributed by atoms with E-state index in [4.69, 9.17) is 9.47 Å². The molecule has 0 unspecified atom stereocenters. The van der Waals surface area contributed by atoms with Crippen molar-refractivity contribution in [3.05, 3.63) is 36.2 Å². The number of rotatable bonds is 3. The largest absolute Gasteiger partial charge is 0.458 e. The predicted molar refractivity (Wildman–Crippen MR) is 73.6 cm³/mol. The van der Waals surface area contributed by atoms with Crippen molar-refractivity contribution in [2.75, 3.05) is 37.7 Å². The van der Waals surface area contributed by atoms with Gasteiger partial charge >= 0.3 is 0 Å². The van der Waals surface area contributed by atoms with E-state index in [2.05, 4.69) is 27.6 Å². The maximum atomic E-state index is 5.79. The zero-order chi connectivity index (χ0) is 12.9. The summed E-state index contributed by atoms with van der Waals surface area (Å²) in [5.41, 5.74) is 1.17. The third-order valence-electron chi connectivity index (χ3n) is 3.06. The molecule has 2 aliphatic rings. The molecular formula is C14H16N3O2. The van der Waals surface area contributed by atoms with Gasteiger partial charge in [-0.3, -0.25) is 0 Å². The van der Waals surface area contributed by atoms with E-state index in [1.54, 1.807) is 6.20 Å². The lowest BCUT2D eigenvalue weighted by Crippen LogP contribution is -2.36. The van der Waals surface area contributed by atoms with Crippen molar-refractivity contribution in [3.8, 4) is 5.75 Å². The van der Waals surface area contributed by atoms with Crippen LogP contribution >= 0.6 is 0 Å². The average molecular weight is 258 g/mol. The Balaban J connectivity index is 1.72. The molecule has 0 atom stereocenters. The highest BCUT2D eigenvalue weighted by molar-refractivity contribution is 5.57. The van der Waals surface area contributed by atoms with Gasteiger partial charge in [0.15, 0.2) is 6.34 Å². The quantitative estimate of drug-likeness (QED) is 0.886. The van der Waals surface area contributed by atoms with Gasteiger partial charge in [-0.25, -0.2) is 4.99 Å². The van der Waals surface area contributed by atoms with Crippen LogP contribution in [0.1, 0.15) is 0 Å². The zero-order valence-corrected chi connectivity index (χ0v) is 10.6. The molecule has 5 heteroatoms. The Morgan fingerprint density at radius 3 is 3.00 bits per heavy atom. The molecule has 0 saturated carbocycles. The maximum Gasteiger partial charge on any atom is 0.169 e. The molecular weight excluding hydrogens is 242 g/mol. The first kappa shape index (κ1) is 12.0. The van der Waals surface area contributed by atoms with Gasteiger partial charge in [-0.1, -0.05) is 6.07 Å². The number of nitrogens with one attached hydrogen (secondary N) is 1. The summed E-state index contributed by atoms with van der Waals surface area (Å²) < 4.78 is 11.2. The number of morpholine rings is 1. The summed E-state index contributed by atoms with van der Waals surface area (Å²) in [5.74, 6) is 1.62. The number of ether oxygens (including phenoxy) is 2. The molecule has 1 aromatic rings. The highest BCUT2D eigenvalue weighted by atomic mass is 16.5. The van der Waals surface area contributed by atoms with Gasteiger partial charge in [0.25, 0.3) is 0 Å². The van der Waals surface area contributed by atoms with Crippen LogP contribution in [0.15, 0.2) is 41.2 Å². The summed E-state index contributed by atoms with van der Waals surface area (Å²) >= 11 is 0. The van der Waals surface area contributed by atoms with Gasteiger partial charge in [-0.05, 0) is 12.1 Å². The molecule has 0 bridgehead atoms. The lowest BCUT2D eigenvalue weighted by atomic mass is 10.2. The van der Waals surface area contributed by atoms with Crippen LogP contribution in [0, 0.1) is 0 Å². The number of aliphatic imine (C=N–C) groups is 1. The van der Waals surface area contributed by atoms with E-state index in [-0.39, 0.29) is 0 Å². The summed E-state index contributed by atoms with van der Waals surface area (Å²) in [7, 11) is 0. The molecule has 0 spiro atoms. The molecule has 1 aromatic carbocycles. The van der Waals surface area contributed by atoms with E-state index >= 15 is 0 Å². The van der Waals surface area contributed by atoms with Gasteiger partial charge in [0, 0.05) is 24.8 Å². The summed E-state index contributed by atoms with van der Waals surface area (Å²) in [5, 5.41) is 2.90. The van der Waals surface area contributed by atoms with E-state index in [0.29, 0.717) is 6.54 Å². The fraction of sp³-hybridized carbons (Fsp3) is 0.357. The number of hydrogen-bond acceptors (Lipinski definition) is 5. The maximum absolute atomic E-state index is 5.79. The minimum atomic E-state index is 0.616. The van der Waals surface area contributed by atoms with Crippen molar-refractivity contribution in [1.82, 2.24) is 5.32 Å². The lowest BCUT2D eigenvalue weighted by molar-refractivity contribution is 0.122. The molecule has 0 aromatic heterocycles. The van der Waals surface area contributed by atoms with Crippen LogP contribution in [-0.2, 0) is 4.74 Å². The summed E-state index contributed by atoms with van der Waals surface area (Å²) in [6.45, 7) is 4.03. The van der Waals surface area contributed by atoms with Crippen LogP contribution in [0.4, 0.5) is 5.69 Å². The van der Waals surface area contributed by atoms with E-state index < -0.39 is 0 Å². The minimum absolute atomic E-state index is 0.616. The number of nitrogens with zero attached hydrogens (tertiary/aromatic N) is 2. The van der Waals surface area contributed by atoms with Crippen LogP contribution in [0.3, 0.4) is 0 Å². The fourth-order valence-electron chi connectivity index (χ4n) is 2.10. The second kappa shape index (κ2) is 5.75. The normalized spacial score (nSPS) is 18.7. The smallest absolute Gasteiger partial charge is 0.169 e. The first-order valence-corrected chi connectivity index (χ1v) is 6.39. The van der Waals surface area contributed by atoms with Crippen LogP contribution in [0.25, 0.3) is 0 Å². The van der Waals surface area contributed by atoms with Crippen molar-refractivity contribution < 1.29 is 9.47 Å². The van der Waals surface area contributed by atoms with Gasteiger partial charge in [-0.15, -0.1) is 0 Å². The van der Waals surface area contributed by atoms with Crippen molar-refractivity contribution in [2.24, 2.45) is 4.99 Å². The zero-order valence-electron chi connectivity index (χ0n) is 10.6. The molecule has 1 N–H and O–H groups in total. The standard InChI is InChI=1S/C14H16N3O2/c1-2-12(17-4-6-18-7-5-17)8-13(3-1)19-14-9-15-11-16-10-14/h1-3,8-9H,4-7,10H2,(H,15,16). The van der Waals surface area contributed by atoms with E-state index in [1.165, 1.54) is 5.69 Å². The molecule has 19 heavy (non-hydrogen) atoms. The topological polar surface area (TPSA) is 46.1 Å². The van der Waals surface area contributed by atoms with E-state index in [1.807, 2.05) is 18.2 Å². The molecule has 0 aliphatic carbocycles. The molecule has 2 aliphatic heterocycles. The molecule has 3 rings (SSSR count).